The third-order valence-corrected chi connectivity index (χ3v) is 2.43. The Morgan fingerprint density at radius 3 is 2.59 bits per heavy atom. The van der Waals surface area contributed by atoms with Crippen molar-refractivity contribution >= 4 is 11.8 Å². The zero-order chi connectivity index (χ0) is 13.1. The molecule has 0 radical (unpaired) electrons. The Morgan fingerprint density at radius 1 is 1.29 bits per heavy atom. The molecule has 0 unspecified atom stereocenters. The van der Waals surface area contributed by atoms with E-state index in [-0.39, 0.29) is 11.8 Å². The van der Waals surface area contributed by atoms with Crippen LogP contribution in [0.15, 0.2) is 0 Å². The highest BCUT2D eigenvalue weighted by Gasteiger charge is 2.07. The topological polar surface area (TPSA) is 73.2 Å². The summed E-state index contributed by atoms with van der Waals surface area (Å²) in [4.78, 5) is 23.7. The molecule has 5 heteroatoms. The van der Waals surface area contributed by atoms with Crippen molar-refractivity contribution < 1.29 is 9.59 Å². The second kappa shape index (κ2) is 9.64. The Balaban J connectivity index is 3.45. The molecule has 0 aliphatic carbocycles. The number of amides is 2. The molecular formula is C12H21N3O2. The van der Waals surface area contributed by atoms with Crippen molar-refractivity contribution in [2.45, 2.75) is 39.0 Å². The lowest BCUT2D eigenvalue weighted by atomic mass is 10.2. The maximum atomic E-state index is 11.5. The van der Waals surface area contributed by atoms with E-state index in [2.05, 4.69) is 5.32 Å². The minimum atomic E-state index is -0.0164. The first-order valence-electron chi connectivity index (χ1n) is 5.93. The zero-order valence-electron chi connectivity index (χ0n) is 10.7. The van der Waals surface area contributed by atoms with Crippen LogP contribution in [0.25, 0.3) is 0 Å². The number of carbonyl (C=O) groups excluding carboxylic acids is 2. The molecule has 96 valence electrons. The predicted octanol–water partition coefficient (Wildman–Crippen LogP) is 1.05. The molecule has 0 spiro atoms. The van der Waals surface area contributed by atoms with Gasteiger partial charge in [0.2, 0.25) is 11.8 Å². The standard InChI is InChI=1S/C12H21N3O2/c1-11(16)14-9-5-3-4-7-12(17)15(2)10-6-8-13/h3-7,9-10H2,1-2H3,(H,14,16). The third-order valence-electron chi connectivity index (χ3n) is 2.43. The zero-order valence-corrected chi connectivity index (χ0v) is 10.7. The van der Waals surface area contributed by atoms with Crippen LogP contribution in [0.2, 0.25) is 0 Å². The molecule has 17 heavy (non-hydrogen) atoms. The van der Waals surface area contributed by atoms with E-state index in [1.165, 1.54) is 6.92 Å². The van der Waals surface area contributed by atoms with Gasteiger partial charge in [0, 0.05) is 33.5 Å². The summed E-state index contributed by atoms with van der Waals surface area (Å²) in [6, 6.07) is 2.01. The number of rotatable bonds is 8. The quantitative estimate of drug-likeness (QED) is 0.643. The Labute approximate surface area is 103 Å². The molecular weight excluding hydrogens is 218 g/mol. The van der Waals surface area contributed by atoms with E-state index in [1.807, 2.05) is 6.07 Å². The minimum Gasteiger partial charge on any atom is -0.356 e. The van der Waals surface area contributed by atoms with Gasteiger partial charge in [-0.3, -0.25) is 9.59 Å². The van der Waals surface area contributed by atoms with Gasteiger partial charge in [0.1, 0.15) is 0 Å². The highest BCUT2D eigenvalue weighted by Crippen LogP contribution is 2.02. The molecule has 0 aromatic carbocycles. The monoisotopic (exact) mass is 239 g/mol. The summed E-state index contributed by atoms with van der Waals surface area (Å²) in [5.74, 6) is 0.0668. The summed E-state index contributed by atoms with van der Waals surface area (Å²) >= 11 is 0. The van der Waals surface area contributed by atoms with Crippen molar-refractivity contribution in [3.63, 3.8) is 0 Å². The van der Waals surface area contributed by atoms with Crippen LogP contribution in [0.1, 0.15) is 39.0 Å². The van der Waals surface area contributed by atoms with Crippen molar-refractivity contribution in [2.24, 2.45) is 0 Å². The Morgan fingerprint density at radius 2 is 2.00 bits per heavy atom. The Kier molecular flexibility index (Phi) is 8.75. The van der Waals surface area contributed by atoms with E-state index in [0.717, 1.165) is 19.3 Å². The number of nitriles is 1. The molecule has 0 aliphatic heterocycles. The van der Waals surface area contributed by atoms with E-state index in [0.29, 0.717) is 25.9 Å². The van der Waals surface area contributed by atoms with E-state index in [1.54, 1.807) is 11.9 Å². The highest BCUT2D eigenvalue weighted by atomic mass is 16.2. The fourth-order valence-electron chi connectivity index (χ4n) is 1.38. The number of unbranched alkanes of at least 4 members (excludes halogenated alkanes) is 2. The number of hydrogen-bond acceptors (Lipinski definition) is 3. The number of nitrogens with zero attached hydrogens (tertiary/aromatic N) is 2. The highest BCUT2D eigenvalue weighted by molar-refractivity contribution is 5.75. The summed E-state index contributed by atoms with van der Waals surface area (Å²) in [7, 11) is 1.72. The normalized spacial score (nSPS) is 9.47. The molecule has 2 amide bonds. The van der Waals surface area contributed by atoms with Gasteiger partial charge in [-0.25, -0.2) is 0 Å². The van der Waals surface area contributed by atoms with Gasteiger partial charge in [0.05, 0.1) is 12.5 Å². The average molecular weight is 239 g/mol. The fraction of sp³-hybridized carbons (Fsp3) is 0.750. The molecule has 0 bridgehead atoms. The third kappa shape index (κ3) is 9.36. The first kappa shape index (κ1) is 15.4. The van der Waals surface area contributed by atoms with Gasteiger partial charge in [0.25, 0.3) is 0 Å². The van der Waals surface area contributed by atoms with Gasteiger partial charge in [-0.15, -0.1) is 0 Å². The Bertz CT molecular complexity index is 284. The summed E-state index contributed by atoms with van der Waals surface area (Å²) in [5.41, 5.74) is 0. The molecule has 0 rings (SSSR count). The molecule has 5 nitrogen and oxygen atoms in total. The second-order valence-electron chi connectivity index (χ2n) is 4.02. The summed E-state index contributed by atoms with van der Waals surface area (Å²) in [5, 5.41) is 11.1. The SMILES string of the molecule is CC(=O)NCCCCCC(=O)N(C)CCC#N. The number of nitrogens with one attached hydrogen (secondary N) is 1. The number of hydrogen-bond donors (Lipinski definition) is 1. The molecule has 0 saturated carbocycles. The van der Waals surface area contributed by atoms with Crippen LogP contribution >= 0.6 is 0 Å². The lowest BCUT2D eigenvalue weighted by molar-refractivity contribution is -0.130. The van der Waals surface area contributed by atoms with Gasteiger partial charge in [-0.2, -0.15) is 5.26 Å². The van der Waals surface area contributed by atoms with Crippen LogP contribution in [0, 0.1) is 11.3 Å². The van der Waals surface area contributed by atoms with Gasteiger partial charge in [-0.05, 0) is 12.8 Å². The fourth-order valence-corrected chi connectivity index (χ4v) is 1.38. The van der Waals surface area contributed by atoms with Gasteiger partial charge in [-0.1, -0.05) is 6.42 Å². The van der Waals surface area contributed by atoms with Crippen LogP contribution in [0.3, 0.4) is 0 Å². The molecule has 0 heterocycles. The average Bonchev–Trinajstić information content (AvgIpc) is 2.29. The molecule has 1 N–H and O–H groups in total. The van der Waals surface area contributed by atoms with Gasteiger partial charge in [0.15, 0.2) is 0 Å². The summed E-state index contributed by atoms with van der Waals surface area (Å²) in [6.45, 7) is 2.67. The first-order valence-corrected chi connectivity index (χ1v) is 5.93. The van der Waals surface area contributed by atoms with Gasteiger partial charge < -0.3 is 10.2 Å². The molecule has 0 atom stereocenters. The predicted molar refractivity (Wildman–Crippen MR) is 65.0 cm³/mol. The van der Waals surface area contributed by atoms with E-state index in [4.69, 9.17) is 5.26 Å². The lowest BCUT2D eigenvalue weighted by Crippen LogP contribution is -2.27. The maximum Gasteiger partial charge on any atom is 0.222 e. The van der Waals surface area contributed by atoms with Crippen LogP contribution < -0.4 is 5.32 Å². The van der Waals surface area contributed by atoms with E-state index < -0.39 is 0 Å². The second-order valence-corrected chi connectivity index (χ2v) is 4.02. The maximum absolute atomic E-state index is 11.5. The summed E-state index contributed by atoms with van der Waals surface area (Å²) in [6.07, 6.45) is 3.55. The van der Waals surface area contributed by atoms with Crippen molar-refractivity contribution in [2.75, 3.05) is 20.1 Å². The van der Waals surface area contributed by atoms with Crippen LogP contribution in [-0.4, -0.2) is 36.9 Å². The van der Waals surface area contributed by atoms with Gasteiger partial charge >= 0.3 is 0 Å². The minimum absolute atomic E-state index is 0.0164. The van der Waals surface area contributed by atoms with E-state index in [9.17, 15) is 9.59 Å². The van der Waals surface area contributed by atoms with Crippen molar-refractivity contribution in [1.82, 2.24) is 10.2 Å². The van der Waals surface area contributed by atoms with E-state index >= 15 is 0 Å². The van der Waals surface area contributed by atoms with Crippen molar-refractivity contribution in [1.29, 1.82) is 5.26 Å². The largest absolute Gasteiger partial charge is 0.356 e. The van der Waals surface area contributed by atoms with Crippen LogP contribution in [-0.2, 0) is 9.59 Å². The molecule has 0 fully saturated rings. The van der Waals surface area contributed by atoms with Crippen molar-refractivity contribution in [3.8, 4) is 6.07 Å². The van der Waals surface area contributed by atoms with Crippen molar-refractivity contribution in [3.05, 3.63) is 0 Å². The molecule has 0 aliphatic rings. The first-order chi connectivity index (χ1) is 8.07. The van der Waals surface area contributed by atoms with Crippen LogP contribution in [0.5, 0.6) is 0 Å². The molecule has 0 saturated heterocycles. The summed E-state index contributed by atoms with van der Waals surface area (Å²) < 4.78 is 0. The molecule has 0 aromatic rings. The van der Waals surface area contributed by atoms with Crippen LogP contribution in [0.4, 0.5) is 0 Å². The smallest absolute Gasteiger partial charge is 0.222 e. The Hall–Kier alpha value is -1.57. The number of carbonyl (C=O) groups is 2. The molecule has 0 aromatic heterocycles. The lowest BCUT2D eigenvalue weighted by Gasteiger charge is -2.15.